The molecular weight excluding hydrogens is 230 g/mol. The molecular formula is C14H21NO3. The van der Waals surface area contributed by atoms with Crippen LogP contribution in [0.5, 0.6) is 5.75 Å². The molecule has 1 aromatic rings. The normalized spacial score (nSPS) is 12.3. The van der Waals surface area contributed by atoms with E-state index in [4.69, 9.17) is 15.2 Å². The van der Waals surface area contributed by atoms with Crippen LogP contribution in [0, 0.1) is 6.92 Å². The van der Waals surface area contributed by atoms with E-state index in [2.05, 4.69) is 0 Å². The van der Waals surface area contributed by atoms with E-state index in [0.717, 1.165) is 11.1 Å². The van der Waals surface area contributed by atoms with E-state index < -0.39 is 0 Å². The van der Waals surface area contributed by atoms with Crippen molar-refractivity contribution in [3.63, 3.8) is 0 Å². The van der Waals surface area contributed by atoms with Crippen LogP contribution in [-0.2, 0) is 9.53 Å². The highest BCUT2D eigenvalue weighted by atomic mass is 16.6. The highest BCUT2D eigenvalue weighted by Gasteiger charge is 2.11. The molecule has 18 heavy (non-hydrogen) atoms. The van der Waals surface area contributed by atoms with Crippen molar-refractivity contribution in [3.05, 3.63) is 29.3 Å². The Morgan fingerprint density at radius 2 is 2.00 bits per heavy atom. The Bertz CT molecular complexity index is 414. The van der Waals surface area contributed by atoms with Crippen molar-refractivity contribution in [2.24, 2.45) is 5.73 Å². The molecule has 0 fully saturated rings. The van der Waals surface area contributed by atoms with Crippen LogP contribution in [0.3, 0.4) is 0 Å². The Kier molecular flexibility index (Phi) is 5.16. The summed E-state index contributed by atoms with van der Waals surface area (Å²) in [7, 11) is 0. The molecule has 2 N–H and O–H groups in total. The number of ether oxygens (including phenoxy) is 2. The first-order valence-electron chi connectivity index (χ1n) is 6.08. The maximum atomic E-state index is 11.4. The van der Waals surface area contributed by atoms with Crippen LogP contribution in [-0.4, -0.2) is 18.7 Å². The smallest absolute Gasteiger partial charge is 0.344 e. The lowest BCUT2D eigenvalue weighted by molar-refractivity contribution is -0.149. The minimum atomic E-state index is -0.373. The van der Waals surface area contributed by atoms with Gasteiger partial charge in [-0.25, -0.2) is 4.79 Å². The topological polar surface area (TPSA) is 61.5 Å². The molecule has 0 heterocycles. The number of nitrogens with two attached hydrogens (primary N) is 1. The van der Waals surface area contributed by atoms with Crippen molar-refractivity contribution in [1.82, 2.24) is 0 Å². The van der Waals surface area contributed by atoms with Crippen LogP contribution in [0.4, 0.5) is 0 Å². The SMILES string of the molecule is Cc1ccc([C@H](C)N)c(OCC(=O)OC(C)C)c1. The molecule has 0 aromatic heterocycles. The van der Waals surface area contributed by atoms with E-state index >= 15 is 0 Å². The van der Waals surface area contributed by atoms with E-state index in [9.17, 15) is 4.79 Å². The molecule has 0 radical (unpaired) electrons. The average Bonchev–Trinajstić information content (AvgIpc) is 2.25. The van der Waals surface area contributed by atoms with Crippen molar-refractivity contribution in [1.29, 1.82) is 0 Å². The zero-order valence-electron chi connectivity index (χ0n) is 11.4. The van der Waals surface area contributed by atoms with E-state index in [-0.39, 0.29) is 24.7 Å². The molecule has 0 unspecified atom stereocenters. The van der Waals surface area contributed by atoms with Crippen molar-refractivity contribution in [2.45, 2.75) is 39.8 Å². The monoisotopic (exact) mass is 251 g/mol. The Hall–Kier alpha value is -1.55. The summed E-state index contributed by atoms with van der Waals surface area (Å²) in [5, 5.41) is 0. The summed E-state index contributed by atoms with van der Waals surface area (Å²) in [6.07, 6.45) is -0.133. The number of hydrogen-bond acceptors (Lipinski definition) is 4. The van der Waals surface area contributed by atoms with Crippen LogP contribution >= 0.6 is 0 Å². The lowest BCUT2D eigenvalue weighted by atomic mass is 10.1. The third kappa shape index (κ3) is 4.37. The molecule has 0 spiro atoms. The Balaban J connectivity index is 2.71. The van der Waals surface area contributed by atoms with Gasteiger partial charge in [0.25, 0.3) is 0 Å². The minimum Gasteiger partial charge on any atom is -0.482 e. The number of hydrogen-bond donors (Lipinski definition) is 1. The molecule has 0 amide bonds. The second-order valence-electron chi connectivity index (χ2n) is 4.66. The number of esters is 1. The average molecular weight is 251 g/mol. The molecule has 0 aliphatic heterocycles. The Morgan fingerprint density at radius 1 is 1.33 bits per heavy atom. The summed E-state index contributed by atoms with van der Waals surface area (Å²) in [6.45, 7) is 7.35. The second-order valence-corrected chi connectivity index (χ2v) is 4.66. The fraction of sp³-hybridized carbons (Fsp3) is 0.500. The zero-order valence-corrected chi connectivity index (χ0v) is 11.4. The van der Waals surface area contributed by atoms with Crippen molar-refractivity contribution >= 4 is 5.97 Å². The van der Waals surface area contributed by atoms with Gasteiger partial charge in [0.1, 0.15) is 5.75 Å². The third-order valence-electron chi connectivity index (χ3n) is 2.37. The van der Waals surface area contributed by atoms with Gasteiger partial charge in [-0.2, -0.15) is 0 Å². The first kappa shape index (κ1) is 14.5. The largest absolute Gasteiger partial charge is 0.482 e. The van der Waals surface area contributed by atoms with Gasteiger partial charge in [-0.05, 0) is 39.3 Å². The number of carbonyl (C=O) groups is 1. The molecule has 4 heteroatoms. The summed E-state index contributed by atoms with van der Waals surface area (Å²) in [6, 6.07) is 5.63. The van der Waals surface area contributed by atoms with E-state index in [1.807, 2.05) is 32.0 Å². The van der Waals surface area contributed by atoms with Crippen LogP contribution < -0.4 is 10.5 Å². The van der Waals surface area contributed by atoms with Crippen molar-refractivity contribution < 1.29 is 14.3 Å². The van der Waals surface area contributed by atoms with E-state index in [1.165, 1.54) is 0 Å². The number of rotatable bonds is 5. The zero-order chi connectivity index (χ0) is 13.7. The molecule has 0 saturated carbocycles. The predicted molar refractivity (Wildman–Crippen MR) is 70.5 cm³/mol. The maximum Gasteiger partial charge on any atom is 0.344 e. The number of aryl methyl sites for hydroxylation is 1. The summed E-state index contributed by atoms with van der Waals surface area (Å²) in [5.74, 6) is 0.271. The molecule has 1 atom stereocenters. The number of benzene rings is 1. The van der Waals surface area contributed by atoms with Crippen LogP contribution in [0.1, 0.15) is 37.9 Å². The van der Waals surface area contributed by atoms with Crippen molar-refractivity contribution in [2.75, 3.05) is 6.61 Å². The van der Waals surface area contributed by atoms with Crippen LogP contribution in [0.15, 0.2) is 18.2 Å². The van der Waals surface area contributed by atoms with Gasteiger partial charge in [-0.1, -0.05) is 12.1 Å². The molecule has 0 aliphatic carbocycles. The second kappa shape index (κ2) is 6.40. The van der Waals surface area contributed by atoms with Gasteiger partial charge >= 0.3 is 5.97 Å². The first-order chi connectivity index (χ1) is 8.40. The molecule has 0 bridgehead atoms. The van der Waals surface area contributed by atoms with Crippen LogP contribution in [0.2, 0.25) is 0 Å². The van der Waals surface area contributed by atoms with Gasteiger partial charge in [0.2, 0.25) is 0 Å². The lowest BCUT2D eigenvalue weighted by Crippen LogP contribution is -2.19. The quantitative estimate of drug-likeness (QED) is 0.816. The van der Waals surface area contributed by atoms with Crippen molar-refractivity contribution in [3.8, 4) is 5.75 Å². The summed E-state index contributed by atoms with van der Waals surface area (Å²) in [5.41, 5.74) is 7.80. The molecule has 4 nitrogen and oxygen atoms in total. The van der Waals surface area contributed by atoms with Gasteiger partial charge in [0, 0.05) is 11.6 Å². The summed E-state index contributed by atoms with van der Waals surface area (Å²) < 4.78 is 10.5. The minimum absolute atomic E-state index is 0.0959. The predicted octanol–water partition coefficient (Wildman–Crippen LogP) is 2.35. The summed E-state index contributed by atoms with van der Waals surface area (Å²) >= 11 is 0. The standard InChI is InChI=1S/C14H21NO3/c1-9(2)18-14(16)8-17-13-7-10(3)5-6-12(13)11(4)15/h5-7,9,11H,8,15H2,1-4H3/t11-/m0/s1. The molecule has 100 valence electrons. The van der Waals surface area contributed by atoms with Gasteiger partial charge < -0.3 is 15.2 Å². The molecule has 0 aliphatic rings. The highest BCUT2D eigenvalue weighted by Crippen LogP contribution is 2.25. The van der Waals surface area contributed by atoms with E-state index in [1.54, 1.807) is 13.8 Å². The summed E-state index contributed by atoms with van der Waals surface area (Å²) in [4.78, 5) is 11.4. The maximum absolute atomic E-state index is 11.4. The molecule has 1 aromatic carbocycles. The van der Waals surface area contributed by atoms with Gasteiger partial charge in [-0.3, -0.25) is 0 Å². The Labute approximate surface area is 108 Å². The third-order valence-corrected chi connectivity index (χ3v) is 2.37. The van der Waals surface area contributed by atoms with Gasteiger partial charge in [0.15, 0.2) is 6.61 Å². The van der Waals surface area contributed by atoms with E-state index in [0.29, 0.717) is 5.75 Å². The fourth-order valence-electron chi connectivity index (χ4n) is 1.58. The Morgan fingerprint density at radius 3 is 2.56 bits per heavy atom. The highest BCUT2D eigenvalue weighted by molar-refractivity contribution is 5.71. The fourth-order valence-corrected chi connectivity index (χ4v) is 1.58. The first-order valence-corrected chi connectivity index (χ1v) is 6.08. The van der Waals surface area contributed by atoms with Gasteiger partial charge in [0.05, 0.1) is 6.10 Å². The van der Waals surface area contributed by atoms with Gasteiger partial charge in [-0.15, -0.1) is 0 Å². The molecule has 1 rings (SSSR count). The lowest BCUT2D eigenvalue weighted by Gasteiger charge is -2.15. The van der Waals surface area contributed by atoms with Crippen LogP contribution in [0.25, 0.3) is 0 Å². The molecule has 0 saturated heterocycles. The number of carbonyl (C=O) groups excluding carboxylic acids is 1.